The van der Waals surface area contributed by atoms with Gasteiger partial charge in [0.1, 0.15) is 12.3 Å². The number of fused-ring (bicyclic) bond motifs is 1. The van der Waals surface area contributed by atoms with E-state index in [4.69, 9.17) is 9.26 Å². The van der Waals surface area contributed by atoms with E-state index in [-0.39, 0.29) is 13.2 Å². The van der Waals surface area contributed by atoms with E-state index < -0.39 is 12.0 Å². The summed E-state index contributed by atoms with van der Waals surface area (Å²) in [6.45, 7) is 0.242. The summed E-state index contributed by atoms with van der Waals surface area (Å²) in [5, 5.41) is 3.81. The van der Waals surface area contributed by atoms with Crippen molar-refractivity contribution in [2.75, 3.05) is 7.11 Å². The number of aryl methyl sites for hydroxylation is 1. The normalized spacial score (nSPS) is 15.1. The summed E-state index contributed by atoms with van der Waals surface area (Å²) in [7, 11) is 1.51. The minimum Gasteiger partial charge on any atom is -0.377 e. The van der Waals surface area contributed by atoms with Crippen molar-refractivity contribution in [2.45, 2.75) is 45.0 Å². The summed E-state index contributed by atoms with van der Waals surface area (Å²) >= 11 is 0. The summed E-state index contributed by atoms with van der Waals surface area (Å²) in [5.41, 5.74) is 1.65. The molecule has 0 aromatic carbocycles. The molecule has 2 aromatic rings. The van der Waals surface area contributed by atoms with E-state index in [1.807, 2.05) is 0 Å². The third-order valence-corrected chi connectivity index (χ3v) is 3.70. The van der Waals surface area contributed by atoms with Gasteiger partial charge < -0.3 is 13.8 Å². The molecule has 1 aliphatic carbocycles. The number of rotatable bonds is 4. The van der Waals surface area contributed by atoms with Crippen LogP contribution < -0.4 is 0 Å². The van der Waals surface area contributed by atoms with Crippen LogP contribution in [-0.4, -0.2) is 21.8 Å². The van der Waals surface area contributed by atoms with Crippen molar-refractivity contribution >= 4 is 0 Å². The van der Waals surface area contributed by atoms with E-state index in [0.717, 1.165) is 12.8 Å². The molecule has 0 amide bonds. The van der Waals surface area contributed by atoms with Crippen molar-refractivity contribution in [3.63, 3.8) is 0 Å². The van der Waals surface area contributed by atoms with Gasteiger partial charge in [-0.05, 0) is 25.7 Å². The summed E-state index contributed by atoms with van der Waals surface area (Å²) in [4.78, 5) is 3.82. The molecule has 0 radical (unpaired) electrons. The maximum absolute atomic E-state index is 13.2. The number of hydrogen-bond acceptors (Lipinski definition) is 4. The van der Waals surface area contributed by atoms with Crippen LogP contribution in [0.1, 0.15) is 41.5 Å². The van der Waals surface area contributed by atoms with Gasteiger partial charge in [-0.2, -0.15) is 13.2 Å². The van der Waals surface area contributed by atoms with Gasteiger partial charge in [-0.15, -0.1) is 0 Å². The lowest BCUT2D eigenvalue weighted by Gasteiger charge is -2.15. The quantitative estimate of drug-likeness (QED) is 0.870. The monoisotopic (exact) mass is 315 g/mol. The SMILES string of the molecule is COCc1cc(Cn2c(C(F)(F)F)nc3c2CCCC3)no1. The molecule has 0 N–H and O–H groups in total. The van der Waals surface area contributed by atoms with Crippen molar-refractivity contribution in [3.8, 4) is 0 Å². The zero-order valence-electron chi connectivity index (χ0n) is 12.1. The van der Waals surface area contributed by atoms with Gasteiger partial charge in [0, 0.05) is 18.9 Å². The molecule has 120 valence electrons. The van der Waals surface area contributed by atoms with Crippen molar-refractivity contribution < 1.29 is 22.4 Å². The molecule has 1 aliphatic rings. The lowest BCUT2D eigenvalue weighted by molar-refractivity contribution is -0.147. The second kappa shape index (κ2) is 5.75. The van der Waals surface area contributed by atoms with Gasteiger partial charge in [-0.3, -0.25) is 0 Å². The first-order chi connectivity index (χ1) is 10.5. The average Bonchev–Trinajstić information content (AvgIpc) is 3.05. The first kappa shape index (κ1) is 15.1. The van der Waals surface area contributed by atoms with Gasteiger partial charge in [0.15, 0.2) is 5.76 Å². The van der Waals surface area contributed by atoms with Crippen LogP contribution in [-0.2, 0) is 36.9 Å². The molecule has 8 heteroatoms. The molecular formula is C14H16F3N3O2. The number of halogens is 3. The Kier molecular flexibility index (Phi) is 3.94. The molecule has 5 nitrogen and oxygen atoms in total. The molecule has 0 bridgehead atoms. The Morgan fingerprint density at radius 1 is 1.32 bits per heavy atom. The Morgan fingerprint density at radius 2 is 2.09 bits per heavy atom. The van der Waals surface area contributed by atoms with Crippen LogP contribution in [0, 0.1) is 0 Å². The minimum atomic E-state index is -4.48. The predicted molar refractivity (Wildman–Crippen MR) is 70.2 cm³/mol. The topological polar surface area (TPSA) is 53.1 Å². The fraction of sp³-hybridized carbons (Fsp3) is 0.571. The van der Waals surface area contributed by atoms with Crippen molar-refractivity contribution in [1.29, 1.82) is 0 Å². The molecular weight excluding hydrogens is 299 g/mol. The molecule has 0 atom stereocenters. The number of ether oxygens (including phenoxy) is 1. The first-order valence-corrected chi connectivity index (χ1v) is 7.08. The second-order valence-electron chi connectivity index (χ2n) is 5.34. The van der Waals surface area contributed by atoms with Crippen molar-refractivity contribution in [1.82, 2.24) is 14.7 Å². The van der Waals surface area contributed by atoms with Gasteiger partial charge >= 0.3 is 6.18 Å². The molecule has 0 fully saturated rings. The number of imidazole rings is 1. The molecule has 3 rings (SSSR count). The van der Waals surface area contributed by atoms with Gasteiger partial charge in [0.25, 0.3) is 0 Å². The van der Waals surface area contributed by atoms with Gasteiger partial charge in [-0.25, -0.2) is 4.98 Å². The maximum Gasteiger partial charge on any atom is 0.449 e. The Bertz CT molecular complexity index is 661. The second-order valence-corrected chi connectivity index (χ2v) is 5.34. The van der Waals surface area contributed by atoms with E-state index in [1.54, 1.807) is 6.07 Å². The minimum absolute atomic E-state index is 0.00436. The Labute approximate surface area is 125 Å². The molecule has 0 saturated heterocycles. The highest BCUT2D eigenvalue weighted by Gasteiger charge is 2.39. The molecule has 22 heavy (non-hydrogen) atoms. The lowest BCUT2D eigenvalue weighted by Crippen LogP contribution is -2.17. The fourth-order valence-corrected chi connectivity index (χ4v) is 2.79. The number of nitrogens with zero attached hydrogens (tertiary/aromatic N) is 3. The van der Waals surface area contributed by atoms with Crippen LogP contribution in [0.2, 0.25) is 0 Å². The zero-order chi connectivity index (χ0) is 15.7. The third-order valence-electron chi connectivity index (χ3n) is 3.70. The van der Waals surface area contributed by atoms with Crippen LogP contribution in [0.4, 0.5) is 13.2 Å². The van der Waals surface area contributed by atoms with Crippen molar-refractivity contribution in [2.24, 2.45) is 0 Å². The highest BCUT2D eigenvalue weighted by molar-refractivity contribution is 5.23. The third kappa shape index (κ3) is 2.87. The van der Waals surface area contributed by atoms with Crippen LogP contribution in [0.25, 0.3) is 0 Å². The van der Waals surface area contributed by atoms with Crippen LogP contribution in [0.15, 0.2) is 10.6 Å². The first-order valence-electron chi connectivity index (χ1n) is 7.08. The molecule has 0 spiro atoms. The van der Waals surface area contributed by atoms with Gasteiger partial charge in [0.05, 0.1) is 12.2 Å². The van der Waals surface area contributed by atoms with E-state index in [1.165, 1.54) is 11.7 Å². The van der Waals surface area contributed by atoms with Gasteiger partial charge in [0.2, 0.25) is 5.82 Å². The number of methoxy groups -OCH3 is 1. The number of hydrogen-bond donors (Lipinski definition) is 0. The van der Waals surface area contributed by atoms with E-state index in [9.17, 15) is 13.2 Å². The fourth-order valence-electron chi connectivity index (χ4n) is 2.79. The van der Waals surface area contributed by atoms with E-state index in [0.29, 0.717) is 35.7 Å². The number of alkyl halides is 3. The summed E-state index contributed by atoms with van der Waals surface area (Å²) in [6, 6.07) is 1.61. The maximum atomic E-state index is 13.2. The summed E-state index contributed by atoms with van der Waals surface area (Å²) in [6.07, 6.45) is -1.51. The summed E-state index contributed by atoms with van der Waals surface area (Å²) in [5.74, 6) is -0.365. The predicted octanol–water partition coefficient (Wildman–Crippen LogP) is 2.96. The lowest BCUT2D eigenvalue weighted by atomic mass is 10.0. The Balaban J connectivity index is 1.95. The van der Waals surface area contributed by atoms with Crippen LogP contribution in [0.5, 0.6) is 0 Å². The number of aromatic nitrogens is 3. The average molecular weight is 315 g/mol. The Hall–Kier alpha value is -1.83. The molecule has 2 aromatic heterocycles. The molecule has 2 heterocycles. The standard InChI is InChI=1S/C14H16F3N3O2/c1-21-8-10-6-9(19-22-10)7-20-12-5-3-2-4-11(12)18-13(20)14(15,16)17/h6H,2-5,7-8H2,1H3. The van der Waals surface area contributed by atoms with Crippen molar-refractivity contribution in [3.05, 3.63) is 34.7 Å². The zero-order valence-corrected chi connectivity index (χ0v) is 12.1. The highest BCUT2D eigenvalue weighted by Crippen LogP contribution is 2.33. The Morgan fingerprint density at radius 3 is 2.82 bits per heavy atom. The van der Waals surface area contributed by atoms with Gasteiger partial charge in [-0.1, -0.05) is 5.16 Å². The van der Waals surface area contributed by atoms with Crippen LogP contribution >= 0.6 is 0 Å². The molecule has 0 aliphatic heterocycles. The summed E-state index contributed by atoms with van der Waals surface area (Å²) < 4.78 is 50.8. The highest BCUT2D eigenvalue weighted by atomic mass is 19.4. The molecule has 0 unspecified atom stereocenters. The molecule has 0 saturated carbocycles. The smallest absolute Gasteiger partial charge is 0.377 e. The van der Waals surface area contributed by atoms with Crippen LogP contribution in [0.3, 0.4) is 0 Å². The van der Waals surface area contributed by atoms with E-state index >= 15 is 0 Å². The van der Waals surface area contributed by atoms with E-state index in [2.05, 4.69) is 10.1 Å². The largest absolute Gasteiger partial charge is 0.449 e.